The van der Waals surface area contributed by atoms with E-state index >= 15 is 0 Å². The summed E-state index contributed by atoms with van der Waals surface area (Å²) in [6.07, 6.45) is 3.33. The molecule has 0 aliphatic heterocycles. The number of rotatable bonds is 2. The molecule has 0 aromatic carbocycles. The van der Waals surface area contributed by atoms with Gasteiger partial charge >= 0.3 is 0 Å². The van der Waals surface area contributed by atoms with Gasteiger partial charge in [0.05, 0.1) is 11.8 Å². The van der Waals surface area contributed by atoms with Crippen LogP contribution in [-0.4, -0.2) is 14.5 Å². The molecule has 0 aliphatic carbocycles. The summed E-state index contributed by atoms with van der Waals surface area (Å²) in [5.41, 5.74) is 1.62. The second-order valence-electron chi connectivity index (χ2n) is 3.82. The van der Waals surface area contributed by atoms with Gasteiger partial charge in [0.25, 0.3) is 0 Å². The van der Waals surface area contributed by atoms with Crippen LogP contribution in [-0.2, 0) is 0 Å². The van der Waals surface area contributed by atoms with E-state index < -0.39 is 6.10 Å². The van der Waals surface area contributed by atoms with Crippen molar-refractivity contribution in [2.45, 2.75) is 20.0 Å². The van der Waals surface area contributed by atoms with E-state index in [0.29, 0.717) is 0 Å². The molecule has 0 fully saturated rings. The summed E-state index contributed by atoms with van der Waals surface area (Å²) in [4.78, 5) is 4.35. The molecule has 74 valence electrons. The monoisotopic (exact) mass is 190 g/mol. The lowest BCUT2D eigenvalue weighted by molar-refractivity contribution is 0.123. The number of aliphatic hydroxyl groups is 1. The SMILES string of the molecule is CC(C)C(O)c1cn2ccccc2n1. The Hall–Kier alpha value is -1.35. The predicted molar refractivity (Wildman–Crippen MR) is 55.0 cm³/mol. The van der Waals surface area contributed by atoms with Gasteiger partial charge in [-0.05, 0) is 18.1 Å². The highest BCUT2D eigenvalue weighted by Crippen LogP contribution is 2.20. The van der Waals surface area contributed by atoms with Gasteiger partial charge in [0.2, 0.25) is 0 Å². The molecule has 0 spiro atoms. The van der Waals surface area contributed by atoms with Crippen LogP contribution in [0.1, 0.15) is 25.6 Å². The number of fused-ring (bicyclic) bond motifs is 1. The van der Waals surface area contributed by atoms with Crippen molar-refractivity contribution >= 4 is 5.65 Å². The minimum absolute atomic E-state index is 0.194. The zero-order valence-electron chi connectivity index (χ0n) is 8.38. The van der Waals surface area contributed by atoms with Crippen molar-refractivity contribution in [3.63, 3.8) is 0 Å². The van der Waals surface area contributed by atoms with Gasteiger partial charge in [0, 0.05) is 12.4 Å². The van der Waals surface area contributed by atoms with Crippen molar-refractivity contribution in [3.05, 3.63) is 36.3 Å². The lowest BCUT2D eigenvalue weighted by Crippen LogP contribution is -2.05. The summed E-state index contributed by atoms with van der Waals surface area (Å²) >= 11 is 0. The van der Waals surface area contributed by atoms with Gasteiger partial charge in [-0.1, -0.05) is 19.9 Å². The highest BCUT2D eigenvalue weighted by molar-refractivity contribution is 5.39. The lowest BCUT2D eigenvalue weighted by atomic mass is 10.1. The van der Waals surface area contributed by atoms with Crippen molar-refractivity contribution in [1.82, 2.24) is 9.38 Å². The first-order valence-corrected chi connectivity index (χ1v) is 4.80. The molecule has 1 N–H and O–H groups in total. The number of pyridine rings is 1. The molecule has 0 saturated heterocycles. The maximum Gasteiger partial charge on any atom is 0.137 e. The third-order valence-electron chi connectivity index (χ3n) is 2.32. The van der Waals surface area contributed by atoms with Crippen LogP contribution >= 0.6 is 0 Å². The van der Waals surface area contributed by atoms with Gasteiger partial charge < -0.3 is 9.51 Å². The third-order valence-corrected chi connectivity index (χ3v) is 2.32. The Morgan fingerprint density at radius 3 is 2.79 bits per heavy atom. The molecule has 0 saturated carbocycles. The normalized spacial score (nSPS) is 13.7. The smallest absolute Gasteiger partial charge is 0.137 e. The molecular formula is C11H14N2O. The summed E-state index contributed by atoms with van der Waals surface area (Å²) in [5.74, 6) is 0.194. The molecule has 2 aromatic rings. The minimum Gasteiger partial charge on any atom is -0.386 e. The van der Waals surface area contributed by atoms with E-state index in [1.807, 2.05) is 48.8 Å². The van der Waals surface area contributed by atoms with E-state index in [0.717, 1.165) is 11.3 Å². The molecule has 14 heavy (non-hydrogen) atoms. The van der Waals surface area contributed by atoms with Crippen molar-refractivity contribution in [1.29, 1.82) is 0 Å². The highest BCUT2D eigenvalue weighted by atomic mass is 16.3. The quantitative estimate of drug-likeness (QED) is 0.786. The fraction of sp³-hybridized carbons (Fsp3) is 0.364. The van der Waals surface area contributed by atoms with E-state index in [2.05, 4.69) is 4.98 Å². The van der Waals surface area contributed by atoms with Crippen molar-refractivity contribution in [2.75, 3.05) is 0 Å². The Bertz CT molecular complexity index is 401. The van der Waals surface area contributed by atoms with Crippen LogP contribution in [0.5, 0.6) is 0 Å². The topological polar surface area (TPSA) is 37.5 Å². The first kappa shape index (κ1) is 9.21. The number of aromatic nitrogens is 2. The first-order chi connectivity index (χ1) is 6.68. The fourth-order valence-corrected chi connectivity index (χ4v) is 1.44. The van der Waals surface area contributed by atoms with Gasteiger partial charge in [-0.3, -0.25) is 0 Å². The molecule has 0 radical (unpaired) electrons. The van der Waals surface area contributed by atoms with E-state index in [4.69, 9.17) is 0 Å². The first-order valence-electron chi connectivity index (χ1n) is 4.80. The Labute approximate surface area is 83.0 Å². The molecule has 0 aliphatic rings. The summed E-state index contributed by atoms with van der Waals surface area (Å²) in [6, 6.07) is 5.81. The average Bonchev–Trinajstić information content (AvgIpc) is 2.59. The molecule has 2 rings (SSSR count). The largest absolute Gasteiger partial charge is 0.386 e. The van der Waals surface area contributed by atoms with Crippen LogP contribution in [0.15, 0.2) is 30.6 Å². The van der Waals surface area contributed by atoms with Crippen molar-refractivity contribution < 1.29 is 5.11 Å². The fourth-order valence-electron chi connectivity index (χ4n) is 1.44. The highest BCUT2D eigenvalue weighted by Gasteiger charge is 2.14. The van der Waals surface area contributed by atoms with E-state index in [9.17, 15) is 5.11 Å². The molecule has 3 heteroatoms. The molecular weight excluding hydrogens is 176 g/mol. The molecule has 0 amide bonds. The second-order valence-corrected chi connectivity index (χ2v) is 3.82. The van der Waals surface area contributed by atoms with Gasteiger partial charge in [0.1, 0.15) is 5.65 Å². The maximum atomic E-state index is 9.82. The van der Waals surface area contributed by atoms with E-state index in [1.54, 1.807) is 0 Å². The third kappa shape index (κ3) is 1.51. The standard InChI is InChI=1S/C11H14N2O/c1-8(2)11(14)9-7-13-6-4-3-5-10(13)12-9/h3-8,11,14H,1-2H3. The van der Waals surface area contributed by atoms with Crippen LogP contribution in [0.2, 0.25) is 0 Å². The maximum absolute atomic E-state index is 9.82. The molecule has 0 bridgehead atoms. The number of nitrogens with zero attached hydrogens (tertiary/aromatic N) is 2. The molecule has 1 atom stereocenters. The molecule has 2 aromatic heterocycles. The summed E-state index contributed by atoms with van der Waals surface area (Å²) < 4.78 is 1.92. The number of aliphatic hydroxyl groups excluding tert-OH is 1. The molecule has 1 unspecified atom stereocenters. The van der Waals surface area contributed by atoms with Crippen LogP contribution < -0.4 is 0 Å². The minimum atomic E-state index is -0.477. The Balaban J connectivity index is 2.45. The number of imidazole rings is 1. The Morgan fingerprint density at radius 1 is 1.36 bits per heavy atom. The second kappa shape index (κ2) is 3.42. The lowest BCUT2D eigenvalue weighted by Gasteiger charge is -2.10. The van der Waals surface area contributed by atoms with Gasteiger partial charge in [0.15, 0.2) is 0 Å². The predicted octanol–water partition coefficient (Wildman–Crippen LogP) is 2.02. The molecule has 2 heterocycles. The summed E-state index contributed by atoms with van der Waals surface area (Å²) in [7, 11) is 0. The average molecular weight is 190 g/mol. The van der Waals surface area contributed by atoms with Gasteiger partial charge in [-0.2, -0.15) is 0 Å². The van der Waals surface area contributed by atoms with Gasteiger partial charge in [-0.25, -0.2) is 4.98 Å². The van der Waals surface area contributed by atoms with Crippen molar-refractivity contribution in [3.8, 4) is 0 Å². The zero-order valence-corrected chi connectivity index (χ0v) is 8.38. The van der Waals surface area contributed by atoms with E-state index in [1.165, 1.54) is 0 Å². The van der Waals surface area contributed by atoms with Crippen molar-refractivity contribution in [2.24, 2.45) is 5.92 Å². The summed E-state index contributed by atoms with van der Waals surface area (Å²) in [6.45, 7) is 3.96. The Kier molecular flexibility index (Phi) is 2.25. The van der Waals surface area contributed by atoms with Crippen LogP contribution in [0, 0.1) is 5.92 Å². The number of hydrogen-bond acceptors (Lipinski definition) is 2. The summed E-state index contributed by atoms with van der Waals surface area (Å²) in [5, 5.41) is 9.82. The van der Waals surface area contributed by atoms with Crippen LogP contribution in [0.25, 0.3) is 5.65 Å². The van der Waals surface area contributed by atoms with Crippen LogP contribution in [0.3, 0.4) is 0 Å². The zero-order chi connectivity index (χ0) is 10.1. The van der Waals surface area contributed by atoms with Gasteiger partial charge in [-0.15, -0.1) is 0 Å². The molecule has 3 nitrogen and oxygen atoms in total. The van der Waals surface area contributed by atoms with Crippen LogP contribution in [0.4, 0.5) is 0 Å². The Morgan fingerprint density at radius 2 is 2.14 bits per heavy atom. The van der Waals surface area contributed by atoms with E-state index in [-0.39, 0.29) is 5.92 Å². The number of hydrogen-bond donors (Lipinski definition) is 1.